The van der Waals surface area contributed by atoms with Gasteiger partial charge < -0.3 is 5.11 Å². The molecule has 0 aliphatic heterocycles. The summed E-state index contributed by atoms with van der Waals surface area (Å²) in [5, 5.41) is 9.85. The van der Waals surface area contributed by atoms with E-state index in [2.05, 4.69) is 6.92 Å². The first kappa shape index (κ1) is 19.6. The van der Waals surface area contributed by atoms with E-state index in [1.807, 2.05) is 20.8 Å². The van der Waals surface area contributed by atoms with Gasteiger partial charge in [0.15, 0.2) is 5.78 Å². The van der Waals surface area contributed by atoms with Crippen LogP contribution in [-0.2, 0) is 4.79 Å². The minimum absolute atomic E-state index is 0.0112. The molecular weight excluding hydrogens is 248 g/mol. The molecule has 0 aromatic heterocycles. The third kappa shape index (κ3) is 10.4. The van der Waals surface area contributed by atoms with Gasteiger partial charge in [-0.25, -0.2) is 0 Å². The number of hydrogen-bond donors (Lipinski definition) is 1. The van der Waals surface area contributed by atoms with Crippen LogP contribution < -0.4 is 0 Å². The monoisotopic (exact) mass is 284 g/mol. The Bertz CT molecular complexity index is 240. The molecule has 20 heavy (non-hydrogen) atoms. The SMILES string of the molecule is CCCCCCCCCCCCC(=O)C(O)C(C)(C)C. The molecule has 0 heterocycles. The average molecular weight is 284 g/mol. The van der Waals surface area contributed by atoms with E-state index in [1.54, 1.807) is 0 Å². The summed E-state index contributed by atoms with van der Waals surface area (Å²) < 4.78 is 0. The second-order valence-corrected chi connectivity index (χ2v) is 7.17. The van der Waals surface area contributed by atoms with Crippen LogP contribution >= 0.6 is 0 Å². The Morgan fingerprint density at radius 3 is 1.65 bits per heavy atom. The zero-order chi connectivity index (χ0) is 15.4. The van der Waals surface area contributed by atoms with Crippen LogP contribution in [0.4, 0.5) is 0 Å². The van der Waals surface area contributed by atoms with Crippen LogP contribution in [0.1, 0.15) is 98.3 Å². The quantitative estimate of drug-likeness (QED) is 0.495. The van der Waals surface area contributed by atoms with Gasteiger partial charge in [-0.1, -0.05) is 85.5 Å². The molecular formula is C18H36O2. The molecule has 1 atom stereocenters. The molecule has 0 radical (unpaired) electrons. The van der Waals surface area contributed by atoms with Crippen molar-refractivity contribution < 1.29 is 9.90 Å². The summed E-state index contributed by atoms with van der Waals surface area (Å²) in [6.45, 7) is 7.98. The fraction of sp³-hybridized carbons (Fsp3) is 0.944. The largest absolute Gasteiger partial charge is 0.385 e. The van der Waals surface area contributed by atoms with Crippen LogP contribution in [0.15, 0.2) is 0 Å². The van der Waals surface area contributed by atoms with Gasteiger partial charge in [0.1, 0.15) is 6.10 Å². The van der Waals surface area contributed by atoms with Crippen LogP contribution in [0.25, 0.3) is 0 Å². The zero-order valence-corrected chi connectivity index (χ0v) is 14.2. The Hall–Kier alpha value is -0.370. The summed E-state index contributed by atoms with van der Waals surface area (Å²) in [6, 6.07) is 0. The summed E-state index contributed by atoms with van der Waals surface area (Å²) in [7, 11) is 0. The number of aliphatic hydroxyl groups excluding tert-OH is 1. The van der Waals surface area contributed by atoms with Crippen LogP contribution in [0, 0.1) is 5.41 Å². The van der Waals surface area contributed by atoms with Crippen molar-refractivity contribution in [2.45, 2.75) is 104 Å². The molecule has 0 aliphatic carbocycles. The lowest BCUT2D eigenvalue weighted by Gasteiger charge is -2.24. The van der Waals surface area contributed by atoms with E-state index in [-0.39, 0.29) is 11.2 Å². The summed E-state index contributed by atoms with van der Waals surface area (Å²) in [5.74, 6) is 0.0112. The van der Waals surface area contributed by atoms with Gasteiger partial charge in [-0.15, -0.1) is 0 Å². The lowest BCUT2D eigenvalue weighted by atomic mass is 9.85. The molecule has 2 nitrogen and oxygen atoms in total. The number of carbonyl (C=O) groups is 1. The molecule has 0 spiro atoms. The van der Waals surface area contributed by atoms with E-state index in [9.17, 15) is 9.90 Å². The molecule has 0 saturated carbocycles. The normalized spacial score (nSPS) is 13.4. The van der Waals surface area contributed by atoms with Gasteiger partial charge in [0.2, 0.25) is 0 Å². The highest BCUT2D eigenvalue weighted by molar-refractivity contribution is 5.83. The zero-order valence-electron chi connectivity index (χ0n) is 14.2. The molecule has 0 fully saturated rings. The highest BCUT2D eigenvalue weighted by Gasteiger charge is 2.27. The number of rotatable bonds is 12. The van der Waals surface area contributed by atoms with Gasteiger partial charge in [-0.05, 0) is 11.8 Å². The summed E-state index contributed by atoms with van der Waals surface area (Å²) in [4.78, 5) is 11.8. The summed E-state index contributed by atoms with van der Waals surface area (Å²) in [5.41, 5.74) is -0.324. The van der Waals surface area contributed by atoms with E-state index in [4.69, 9.17) is 0 Å². The van der Waals surface area contributed by atoms with Crippen molar-refractivity contribution in [2.75, 3.05) is 0 Å². The molecule has 0 aliphatic rings. The van der Waals surface area contributed by atoms with Crippen molar-refractivity contribution in [3.05, 3.63) is 0 Å². The number of Topliss-reactive ketones (excluding diaryl/α,β-unsaturated/α-hetero) is 1. The lowest BCUT2D eigenvalue weighted by molar-refractivity contribution is -0.132. The van der Waals surface area contributed by atoms with Crippen molar-refractivity contribution in [3.63, 3.8) is 0 Å². The molecule has 0 amide bonds. The van der Waals surface area contributed by atoms with E-state index < -0.39 is 6.10 Å². The van der Waals surface area contributed by atoms with E-state index in [0.29, 0.717) is 6.42 Å². The van der Waals surface area contributed by atoms with Crippen molar-refractivity contribution in [2.24, 2.45) is 5.41 Å². The maximum absolute atomic E-state index is 11.8. The molecule has 2 heteroatoms. The minimum atomic E-state index is -0.805. The molecule has 0 rings (SSSR count). The van der Waals surface area contributed by atoms with Crippen molar-refractivity contribution in [3.8, 4) is 0 Å². The first-order valence-electron chi connectivity index (χ1n) is 8.60. The molecule has 0 aromatic carbocycles. The fourth-order valence-electron chi connectivity index (χ4n) is 2.41. The smallest absolute Gasteiger partial charge is 0.161 e. The predicted molar refractivity (Wildman–Crippen MR) is 86.9 cm³/mol. The fourth-order valence-corrected chi connectivity index (χ4v) is 2.41. The van der Waals surface area contributed by atoms with E-state index in [0.717, 1.165) is 12.8 Å². The van der Waals surface area contributed by atoms with Gasteiger partial charge in [0, 0.05) is 6.42 Å². The third-order valence-corrected chi connectivity index (χ3v) is 3.90. The first-order valence-corrected chi connectivity index (χ1v) is 8.60. The van der Waals surface area contributed by atoms with Crippen molar-refractivity contribution in [1.29, 1.82) is 0 Å². The number of hydrogen-bond acceptors (Lipinski definition) is 2. The Morgan fingerprint density at radius 2 is 1.25 bits per heavy atom. The Morgan fingerprint density at radius 1 is 0.850 bits per heavy atom. The average Bonchev–Trinajstić information content (AvgIpc) is 2.38. The van der Waals surface area contributed by atoms with Gasteiger partial charge in [0.25, 0.3) is 0 Å². The second kappa shape index (κ2) is 11.3. The third-order valence-electron chi connectivity index (χ3n) is 3.90. The Balaban J connectivity index is 3.38. The number of carbonyl (C=O) groups excluding carboxylic acids is 1. The van der Waals surface area contributed by atoms with Crippen LogP contribution in [0.3, 0.4) is 0 Å². The summed E-state index contributed by atoms with van der Waals surface area (Å²) >= 11 is 0. The van der Waals surface area contributed by atoms with Gasteiger partial charge >= 0.3 is 0 Å². The predicted octanol–water partition coefficient (Wildman–Crippen LogP) is 5.27. The van der Waals surface area contributed by atoms with Crippen molar-refractivity contribution in [1.82, 2.24) is 0 Å². The highest BCUT2D eigenvalue weighted by atomic mass is 16.3. The molecule has 0 aromatic rings. The Kier molecular flexibility index (Phi) is 11.1. The highest BCUT2D eigenvalue weighted by Crippen LogP contribution is 2.21. The standard InChI is InChI=1S/C18H36O2/c1-5-6-7-8-9-10-11-12-13-14-15-16(19)17(20)18(2,3)4/h17,20H,5-15H2,1-4H3. The van der Waals surface area contributed by atoms with Crippen LogP contribution in [0.2, 0.25) is 0 Å². The maximum atomic E-state index is 11.8. The van der Waals surface area contributed by atoms with Crippen LogP contribution in [0.5, 0.6) is 0 Å². The first-order chi connectivity index (χ1) is 9.39. The molecule has 1 unspecified atom stereocenters. The number of aliphatic hydroxyl groups is 1. The number of ketones is 1. The Labute approximate surface area is 126 Å². The topological polar surface area (TPSA) is 37.3 Å². The maximum Gasteiger partial charge on any atom is 0.161 e. The molecule has 0 saturated heterocycles. The van der Waals surface area contributed by atoms with Crippen LogP contribution in [-0.4, -0.2) is 17.0 Å². The minimum Gasteiger partial charge on any atom is -0.385 e. The van der Waals surface area contributed by atoms with Gasteiger partial charge in [-0.2, -0.15) is 0 Å². The lowest BCUT2D eigenvalue weighted by Crippen LogP contribution is -2.34. The van der Waals surface area contributed by atoms with Gasteiger partial charge in [0.05, 0.1) is 0 Å². The van der Waals surface area contributed by atoms with E-state index in [1.165, 1.54) is 51.4 Å². The van der Waals surface area contributed by atoms with E-state index >= 15 is 0 Å². The summed E-state index contributed by atoms with van der Waals surface area (Å²) in [6.07, 6.45) is 12.5. The molecule has 1 N–H and O–H groups in total. The number of unbranched alkanes of at least 4 members (excludes halogenated alkanes) is 9. The second-order valence-electron chi connectivity index (χ2n) is 7.17. The van der Waals surface area contributed by atoms with Crippen molar-refractivity contribution >= 4 is 5.78 Å². The molecule has 120 valence electrons. The van der Waals surface area contributed by atoms with Gasteiger partial charge in [-0.3, -0.25) is 4.79 Å². The molecule has 0 bridgehead atoms.